The average Bonchev–Trinajstić information content (AvgIpc) is 2.69. The molecule has 4 nitrogen and oxygen atoms in total. The fourth-order valence-corrected chi connectivity index (χ4v) is 3.25. The van der Waals surface area contributed by atoms with Gasteiger partial charge in [-0.2, -0.15) is 0 Å². The summed E-state index contributed by atoms with van der Waals surface area (Å²) in [6.45, 7) is 4.72. The number of rotatable bonds is 17. The zero-order valence-corrected chi connectivity index (χ0v) is 18.5. The number of hydrogen-bond acceptors (Lipinski definition) is 4. The van der Waals surface area contributed by atoms with Crippen LogP contribution in [-0.2, 0) is 14.3 Å². The number of benzene rings is 1. The van der Waals surface area contributed by atoms with E-state index >= 15 is 0 Å². The monoisotopic (exact) mass is 404 g/mol. The molecule has 0 radical (unpaired) electrons. The third kappa shape index (κ3) is 14.8. The summed E-state index contributed by atoms with van der Waals surface area (Å²) in [5, 5.41) is 0. The summed E-state index contributed by atoms with van der Waals surface area (Å²) in [7, 11) is 0. The van der Waals surface area contributed by atoms with Crippen molar-refractivity contribution in [1.82, 2.24) is 0 Å². The Balaban J connectivity index is 1.89. The highest BCUT2D eigenvalue weighted by Crippen LogP contribution is 2.14. The molecule has 0 N–H and O–H groups in total. The van der Waals surface area contributed by atoms with Crippen molar-refractivity contribution in [2.75, 3.05) is 6.61 Å². The second-order valence-corrected chi connectivity index (χ2v) is 7.90. The molecule has 0 bridgehead atoms. The summed E-state index contributed by atoms with van der Waals surface area (Å²) in [6.07, 6.45) is 14.7. The average molecular weight is 405 g/mol. The third-order valence-electron chi connectivity index (χ3n) is 4.99. The van der Waals surface area contributed by atoms with Crippen LogP contribution in [0.2, 0.25) is 0 Å². The van der Waals surface area contributed by atoms with E-state index < -0.39 is 0 Å². The zero-order valence-electron chi connectivity index (χ0n) is 18.5. The van der Waals surface area contributed by atoms with E-state index in [0.717, 1.165) is 18.4 Å². The summed E-state index contributed by atoms with van der Waals surface area (Å²) >= 11 is 0. The maximum Gasteiger partial charge on any atom is 0.311 e. The van der Waals surface area contributed by atoms with Crippen molar-refractivity contribution in [2.24, 2.45) is 0 Å². The maximum atomic E-state index is 11.8. The van der Waals surface area contributed by atoms with Gasteiger partial charge in [-0.15, -0.1) is 0 Å². The molecule has 0 aromatic heterocycles. The van der Waals surface area contributed by atoms with E-state index in [-0.39, 0.29) is 11.9 Å². The fourth-order valence-electron chi connectivity index (χ4n) is 3.25. The Hall–Kier alpha value is -1.84. The number of ether oxygens (including phenoxy) is 2. The summed E-state index contributed by atoms with van der Waals surface area (Å²) in [5.41, 5.74) is 1.06. The molecule has 0 fully saturated rings. The van der Waals surface area contributed by atoms with E-state index in [1.165, 1.54) is 51.4 Å². The molecular weight excluding hydrogens is 364 g/mol. The van der Waals surface area contributed by atoms with Gasteiger partial charge in [-0.1, -0.05) is 76.8 Å². The number of esters is 2. The van der Waals surface area contributed by atoms with Crippen LogP contribution in [0.1, 0.15) is 102 Å². The molecule has 0 saturated carbocycles. The predicted molar refractivity (Wildman–Crippen MR) is 118 cm³/mol. The van der Waals surface area contributed by atoms with Gasteiger partial charge in [0.25, 0.3) is 0 Å². The van der Waals surface area contributed by atoms with Crippen molar-refractivity contribution >= 4 is 11.9 Å². The lowest BCUT2D eigenvalue weighted by molar-refractivity contribution is -0.144. The van der Waals surface area contributed by atoms with E-state index in [2.05, 4.69) is 6.92 Å². The molecule has 0 amide bonds. The summed E-state index contributed by atoms with van der Waals surface area (Å²) in [6, 6.07) is 7.43. The lowest BCUT2D eigenvalue weighted by Gasteiger charge is -2.06. The highest BCUT2D eigenvalue weighted by atomic mass is 16.5. The minimum Gasteiger partial charge on any atom is -0.466 e. The Bertz CT molecular complexity index is 568. The van der Waals surface area contributed by atoms with Crippen LogP contribution in [0.15, 0.2) is 24.3 Å². The van der Waals surface area contributed by atoms with Gasteiger partial charge in [-0.3, -0.25) is 9.59 Å². The number of carbonyl (C=O) groups excluding carboxylic acids is 2. The minimum atomic E-state index is -0.255. The fraction of sp³-hybridized carbons (Fsp3) is 0.680. The van der Waals surface area contributed by atoms with Gasteiger partial charge < -0.3 is 9.47 Å². The highest BCUT2D eigenvalue weighted by molar-refractivity contribution is 5.72. The first-order chi connectivity index (χ1) is 14.1. The third-order valence-corrected chi connectivity index (χ3v) is 4.99. The second kappa shape index (κ2) is 17.1. The lowest BCUT2D eigenvalue weighted by atomic mass is 10.1. The van der Waals surface area contributed by atoms with Gasteiger partial charge in [0.1, 0.15) is 5.75 Å². The van der Waals surface area contributed by atoms with Gasteiger partial charge in [0.05, 0.1) is 6.61 Å². The molecule has 0 unspecified atom stereocenters. The first-order valence-corrected chi connectivity index (χ1v) is 11.5. The van der Waals surface area contributed by atoms with Crippen molar-refractivity contribution in [3.05, 3.63) is 29.8 Å². The molecule has 164 valence electrons. The molecule has 0 heterocycles. The van der Waals surface area contributed by atoms with Crippen LogP contribution in [0.4, 0.5) is 0 Å². The topological polar surface area (TPSA) is 52.6 Å². The van der Waals surface area contributed by atoms with Gasteiger partial charge in [-0.25, -0.2) is 0 Å². The molecule has 29 heavy (non-hydrogen) atoms. The lowest BCUT2D eigenvalue weighted by Crippen LogP contribution is -2.09. The van der Waals surface area contributed by atoms with Crippen LogP contribution in [0.25, 0.3) is 0 Å². The van der Waals surface area contributed by atoms with Gasteiger partial charge >= 0.3 is 11.9 Å². The Kier molecular flexibility index (Phi) is 14.8. The molecule has 1 aromatic carbocycles. The second-order valence-electron chi connectivity index (χ2n) is 7.90. The Morgan fingerprint density at radius 2 is 1.34 bits per heavy atom. The number of unbranched alkanes of at least 4 members (excludes halogenated alkanes) is 10. The van der Waals surface area contributed by atoms with Crippen molar-refractivity contribution in [3.63, 3.8) is 0 Å². The number of carbonyl (C=O) groups is 2. The molecular formula is C25H40O4. The molecule has 0 aliphatic carbocycles. The van der Waals surface area contributed by atoms with E-state index in [0.29, 0.717) is 38.0 Å². The van der Waals surface area contributed by atoms with Gasteiger partial charge in [0.2, 0.25) is 0 Å². The van der Waals surface area contributed by atoms with E-state index in [4.69, 9.17) is 9.47 Å². The largest absolute Gasteiger partial charge is 0.466 e. The van der Waals surface area contributed by atoms with Crippen molar-refractivity contribution in [2.45, 2.75) is 104 Å². The van der Waals surface area contributed by atoms with Crippen LogP contribution < -0.4 is 4.74 Å². The molecule has 1 rings (SSSR count). The molecule has 0 aliphatic heterocycles. The first kappa shape index (κ1) is 25.2. The molecule has 0 spiro atoms. The zero-order chi connectivity index (χ0) is 21.2. The molecule has 0 atom stereocenters. The number of aryl methyl sites for hydroxylation is 1. The molecule has 1 aromatic rings. The van der Waals surface area contributed by atoms with Crippen LogP contribution in [0, 0.1) is 6.92 Å². The predicted octanol–water partition coefficient (Wildman–Crippen LogP) is 6.92. The summed E-state index contributed by atoms with van der Waals surface area (Å²) in [5.74, 6) is 0.160. The Morgan fingerprint density at radius 3 is 1.97 bits per heavy atom. The van der Waals surface area contributed by atoms with Crippen molar-refractivity contribution in [3.8, 4) is 5.75 Å². The summed E-state index contributed by atoms with van der Waals surface area (Å²) in [4.78, 5) is 23.6. The minimum absolute atomic E-state index is 0.159. The molecule has 0 saturated heterocycles. The molecule has 4 heteroatoms. The van der Waals surface area contributed by atoms with Gasteiger partial charge in [0, 0.05) is 12.8 Å². The standard InChI is InChI=1S/C25H40O4/c1-3-4-5-6-7-8-9-10-11-14-20-28-24(26)18-12-13-19-25(27)29-23-17-15-16-22(2)21-23/h15-17,21H,3-14,18-20H2,1-2H3. The highest BCUT2D eigenvalue weighted by Gasteiger charge is 2.07. The van der Waals surface area contributed by atoms with E-state index in [1.807, 2.05) is 25.1 Å². The van der Waals surface area contributed by atoms with Crippen LogP contribution in [-0.4, -0.2) is 18.5 Å². The Morgan fingerprint density at radius 1 is 0.759 bits per heavy atom. The van der Waals surface area contributed by atoms with Crippen molar-refractivity contribution < 1.29 is 19.1 Å². The van der Waals surface area contributed by atoms with Crippen LogP contribution in [0.5, 0.6) is 5.75 Å². The molecule has 0 aliphatic rings. The summed E-state index contributed by atoms with van der Waals surface area (Å²) < 4.78 is 10.6. The maximum absolute atomic E-state index is 11.8. The van der Waals surface area contributed by atoms with Crippen molar-refractivity contribution in [1.29, 1.82) is 0 Å². The normalized spacial score (nSPS) is 10.7. The van der Waals surface area contributed by atoms with Crippen LogP contribution >= 0.6 is 0 Å². The van der Waals surface area contributed by atoms with E-state index in [9.17, 15) is 9.59 Å². The first-order valence-electron chi connectivity index (χ1n) is 11.5. The van der Waals surface area contributed by atoms with Crippen LogP contribution in [0.3, 0.4) is 0 Å². The number of hydrogen-bond donors (Lipinski definition) is 0. The smallest absolute Gasteiger partial charge is 0.311 e. The van der Waals surface area contributed by atoms with E-state index in [1.54, 1.807) is 6.07 Å². The quantitative estimate of drug-likeness (QED) is 0.160. The SMILES string of the molecule is CCCCCCCCCCCCOC(=O)CCCCC(=O)Oc1cccc(C)c1. The van der Waals surface area contributed by atoms with Gasteiger partial charge in [0.15, 0.2) is 0 Å². The van der Waals surface area contributed by atoms with Gasteiger partial charge in [-0.05, 0) is 43.9 Å². The Labute approximate surface area is 177 Å².